The summed E-state index contributed by atoms with van der Waals surface area (Å²) in [4.78, 5) is 10.8. The molecule has 0 aromatic carbocycles. The molecule has 0 aliphatic carbocycles. The lowest BCUT2D eigenvalue weighted by Crippen LogP contribution is -2.42. The number of nitrogens with one attached hydrogen (secondary N) is 1. The maximum absolute atomic E-state index is 11.2. The maximum atomic E-state index is 11.2. The van der Waals surface area contributed by atoms with Crippen LogP contribution in [0, 0.1) is 17.0 Å². The Balaban J connectivity index is 2.23. The van der Waals surface area contributed by atoms with Crippen LogP contribution in [-0.2, 0) is 4.74 Å². The summed E-state index contributed by atoms with van der Waals surface area (Å²) in [7, 11) is 0. The van der Waals surface area contributed by atoms with Gasteiger partial charge in [0.2, 0.25) is 5.82 Å². The highest BCUT2D eigenvalue weighted by Crippen LogP contribution is 2.31. The molecular weight excluding hydrogens is 276 g/mol. The van der Waals surface area contributed by atoms with E-state index < -0.39 is 10.5 Å². The van der Waals surface area contributed by atoms with Crippen molar-refractivity contribution in [2.45, 2.75) is 45.3 Å². The van der Waals surface area contributed by atoms with Gasteiger partial charge < -0.3 is 15.2 Å². The molecule has 0 saturated carbocycles. The second kappa shape index (κ2) is 5.98. The number of hydrogen-bond acceptors (Lipinski definition) is 6. The minimum Gasteiger partial charge on any atom is -0.388 e. The topological polar surface area (TPSA) is 102 Å². The van der Waals surface area contributed by atoms with Crippen molar-refractivity contribution in [2.24, 2.45) is 0 Å². The zero-order valence-electron chi connectivity index (χ0n) is 12.6. The van der Waals surface area contributed by atoms with Crippen LogP contribution in [0.3, 0.4) is 0 Å². The van der Waals surface area contributed by atoms with E-state index in [0.717, 1.165) is 0 Å². The first kappa shape index (κ1) is 15.7. The second-order valence-corrected chi connectivity index (χ2v) is 5.77. The zero-order chi connectivity index (χ0) is 15.6. The third-order valence-corrected chi connectivity index (χ3v) is 3.73. The fourth-order valence-corrected chi connectivity index (χ4v) is 2.47. The number of aliphatic hydroxyl groups is 1. The average Bonchev–Trinajstić information content (AvgIpc) is 2.74. The zero-order valence-corrected chi connectivity index (χ0v) is 12.6. The minimum absolute atomic E-state index is 0.00997. The van der Waals surface area contributed by atoms with Crippen molar-refractivity contribution in [3.8, 4) is 0 Å². The SMILES string of the molecule is Cc1nn(C(C)C)c(NCC2(O)CCOCC2)c1[N+](=O)[O-]. The van der Waals surface area contributed by atoms with E-state index in [9.17, 15) is 15.2 Å². The van der Waals surface area contributed by atoms with Crippen LogP contribution in [0.2, 0.25) is 0 Å². The van der Waals surface area contributed by atoms with Gasteiger partial charge in [-0.2, -0.15) is 5.10 Å². The smallest absolute Gasteiger partial charge is 0.333 e. The maximum Gasteiger partial charge on any atom is 0.333 e. The molecule has 0 atom stereocenters. The standard InChI is InChI=1S/C13H22N4O4/c1-9(2)16-12(11(17(19)20)10(3)15-16)14-8-13(18)4-6-21-7-5-13/h9,14,18H,4-8H2,1-3H3. The molecule has 1 fully saturated rings. The number of nitro groups is 1. The lowest BCUT2D eigenvalue weighted by Gasteiger charge is -2.32. The highest BCUT2D eigenvalue weighted by Gasteiger charge is 2.32. The quantitative estimate of drug-likeness (QED) is 0.632. The molecule has 2 rings (SSSR count). The Morgan fingerprint density at radius 1 is 1.52 bits per heavy atom. The van der Waals surface area contributed by atoms with Crippen molar-refractivity contribution in [3.63, 3.8) is 0 Å². The highest BCUT2D eigenvalue weighted by molar-refractivity contribution is 5.60. The number of hydrogen-bond donors (Lipinski definition) is 2. The third kappa shape index (κ3) is 3.33. The second-order valence-electron chi connectivity index (χ2n) is 5.77. The molecule has 8 nitrogen and oxygen atoms in total. The molecule has 2 N–H and O–H groups in total. The fraction of sp³-hybridized carbons (Fsp3) is 0.769. The van der Waals surface area contributed by atoms with Crippen LogP contribution in [0.25, 0.3) is 0 Å². The van der Waals surface area contributed by atoms with Crippen LogP contribution in [0.4, 0.5) is 11.5 Å². The molecule has 1 aromatic heterocycles. The first-order valence-corrected chi connectivity index (χ1v) is 7.11. The fourth-order valence-electron chi connectivity index (χ4n) is 2.47. The van der Waals surface area contributed by atoms with Crippen molar-refractivity contribution in [3.05, 3.63) is 15.8 Å². The molecule has 1 aliphatic rings. The molecule has 1 saturated heterocycles. The van der Waals surface area contributed by atoms with E-state index in [2.05, 4.69) is 10.4 Å². The summed E-state index contributed by atoms with van der Waals surface area (Å²) < 4.78 is 6.82. The van der Waals surface area contributed by atoms with Crippen LogP contribution in [0.5, 0.6) is 0 Å². The van der Waals surface area contributed by atoms with Gasteiger partial charge in [0.25, 0.3) is 0 Å². The Hall–Kier alpha value is -1.67. The summed E-state index contributed by atoms with van der Waals surface area (Å²) in [5.41, 5.74) is -0.555. The van der Waals surface area contributed by atoms with Gasteiger partial charge >= 0.3 is 5.69 Å². The number of nitrogens with zero attached hydrogens (tertiary/aromatic N) is 3. The first-order chi connectivity index (χ1) is 9.84. The van der Waals surface area contributed by atoms with E-state index >= 15 is 0 Å². The molecule has 118 valence electrons. The van der Waals surface area contributed by atoms with E-state index in [-0.39, 0.29) is 18.3 Å². The van der Waals surface area contributed by atoms with Gasteiger partial charge in [0.15, 0.2) is 0 Å². The van der Waals surface area contributed by atoms with Gasteiger partial charge in [-0.25, -0.2) is 4.68 Å². The van der Waals surface area contributed by atoms with Gasteiger partial charge in [-0.3, -0.25) is 10.1 Å². The summed E-state index contributed by atoms with van der Waals surface area (Å²) in [5.74, 6) is 0.354. The van der Waals surface area contributed by atoms with Crippen LogP contribution in [0.15, 0.2) is 0 Å². The molecule has 0 unspecified atom stereocenters. The number of ether oxygens (including phenoxy) is 1. The summed E-state index contributed by atoms with van der Waals surface area (Å²) in [6.45, 7) is 6.68. The third-order valence-electron chi connectivity index (χ3n) is 3.73. The molecule has 0 radical (unpaired) electrons. The molecule has 0 bridgehead atoms. The Labute approximate surface area is 123 Å². The highest BCUT2D eigenvalue weighted by atomic mass is 16.6. The first-order valence-electron chi connectivity index (χ1n) is 7.11. The molecule has 8 heteroatoms. The Bertz CT molecular complexity index is 520. The monoisotopic (exact) mass is 298 g/mol. The van der Waals surface area contributed by atoms with Crippen LogP contribution >= 0.6 is 0 Å². The van der Waals surface area contributed by atoms with Crippen molar-refractivity contribution < 1.29 is 14.8 Å². The predicted molar refractivity (Wildman–Crippen MR) is 77.5 cm³/mol. The molecule has 0 amide bonds. The summed E-state index contributed by atoms with van der Waals surface area (Å²) in [5, 5.41) is 28.9. The van der Waals surface area contributed by atoms with E-state index in [1.807, 2.05) is 13.8 Å². The van der Waals surface area contributed by atoms with Gasteiger partial charge in [0, 0.05) is 38.6 Å². The molecule has 0 spiro atoms. The van der Waals surface area contributed by atoms with Crippen molar-refractivity contribution >= 4 is 11.5 Å². The molecule has 2 heterocycles. The van der Waals surface area contributed by atoms with Crippen LogP contribution in [0.1, 0.15) is 38.4 Å². The van der Waals surface area contributed by atoms with Crippen molar-refractivity contribution in [1.82, 2.24) is 9.78 Å². The number of aryl methyl sites for hydroxylation is 1. The van der Waals surface area contributed by atoms with Crippen LogP contribution in [-0.4, -0.2) is 45.2 Å². The van der Waals surface area contributed by atoms with E-state index in [1.165, 1.54) is 0 Å². The van der Waals surface area contributed by atoms with Gasteiger partial charge in [0.1, 0.15) is 5.69 Å². The predicted octanol–water partition coefficient (Wildman–Crippen LogP) is 1.63. The van der Waals surface area contributed by atoms with Gasteiger partial charge in [0.05, 0.1) is 10.5 Å². The van der Waals surface area contributed by atoms with Crippen LogP contribution < -0.4 is 5.32 Å². The summed E-state index contributed by atoms with van der Waals surface area (Å²) in [6.07, 6.45) is 1.03. The lowest BCUT2D eigenvalue weighted by atomic mass is 9.94. The van der Waals surface area contributed by atoms with Gasteiger partial charge in [-0.1, -0.05) is 0 Å². The van der Waals surface area contributed by atoms with Gasteiger partial charge in [-0.05, 0) is 20.8 Å². The van der Waals surface area contributed by atoms with E-state index in [0.29, 0.717) is 37.6 Å². The molecule has 1 aromatic rings. The molecule has 21 heavy (non-hydrogen) atoms. The van der Waals surface area contributed by atoms with Gasteiger partial charge in [-0.15, -0.1) is 0 Å². The molecular formula is C13H22N4O4. The number of aromatic nitrogens is 2. The summed E-state index contributed by atoms with van der Waals surface area (Å²) in [6, 6.07) is -0.00997. The average molecular weight is 298 g/mol. The molecule has 1 aliphatic heterocycles. The Morgan fingerprint density at radius 3 is 2.67 bits per heavy atom. The summed E-state index contributed by atoms with van der Waals surface area (Å²) >= 11 is 0. The Morgan fingerprint density at radius 2 is 2.14 bits per heavy atom. The van der Waals surface area contributed by atoms with Crippen molar-refractivity contribution in [1.29, 1.82) is 0 Å². The van der Waals surface area contributed by atoms with E-state index in [1.54, 1.807) is 11.6 Å². The van der Waals surface area contributed by atoms with Crippen molar-refractivity contribution in [2.75, 3.05) is 25.1 Å². The lowest BCUT2D eigenvalue weighted by molar-refractivity contribution is -0.384. The van der Waals surface area contributed by atoms with E-state index in [4.69, 9.17) is 4.74 Å². The largest absolute Gasteiger partial charge is 0.388 e. The number of anilines is 1. The minimum atomic E-state index is -0.897. The normalized spacial score (nSPS) is 18.0. The number of rotatable bonds is 5. The Kier molecular flexibility index (Phi) is 4.48.